The van der Waals surface area contributed by atoms with Gasteiger partial charge in [-0.3, -0.25) is 4.79 Å². The summed E-state index contributed by atoms with van der Waals surface area (Å²) < 4.78 is 46.1. The molecule has 7 heteroatoms. The van der Waals surface area contributed by atoms with Gasteiger partial charge in [-0.2, -0.15) is 13.2 Å². The van der Waals surface area contributed by atoms with Gasteiger partial charge in [0.05, 0.1) is 29.4 Å². The number of aryl methyl sites for hydroxylation is 1. The fourth-order valence-electron chi connectivity index (χ4n) is 5.08. The van der Waals surface area contributed by atoms with Gasteiger partial charge in [0, 0.05) is 13.0 Å². The minimum Gasteiger partial charge on any atom is -0.372 e. The molecule has 0 radical (unpaired) electrons. The molecular weight excluding hydrogens is 429 g/mol. The van der Waals surface area contributed by atoms with Crippen molar-refractivity contribution in [2.75, 3.05) is 13.2 Å². The summed E-state index contributed by atoms with van der Waals surface area (Å²) in [5.74, 6) is 0.0973. The van der Waals surface area contributed by atoms with Crippen LogP contribution in [0.2, 0.25) is 0 Å². The quantitative estimate of drug-likeness (QED) is 0.627. The summed E-state index contributed by atoms with van der Waals surface area (Å²) in [7, 11) is 0. The van der Waals surface area contributed by atoms with Gasteiger partial charge in [0.2, 0.25) is 5.91 Å². The second kappa shape index (κ2) is 9.11. The van der Waals surface area contributed by atoms with E-state index in [9.17, 15) is 18.0 Å². The maximum atomic E-state index is 13.3. The number of nitrogens with one attached hydrogen (secondary N) is 2. The zero-order valence-corrected chi connectivity index (χ0v) is 19.1. The third-order valence-electron chi connectivity index (χ3n) is 7.06. The van der Waals surface area contributed by atoms with Gasteiger partial charge in [-0.15, -0.1) is 0 Å². The Bertz CT molecular complexity index is 983. The number of alkyl halides is 3. The van der Waals surface area contributed by atoms with E-state index in [1.54, 1.807) is 19.9 Å². The van der Waals surface area contributed by atoms with Gasteiger partial charge in [0.1, 0.15) is 0 Å². The van der Waals surface area contributed by atoms with Crippen LogP contribution in [-0.2, 0) is 21.2 Å². The number of amides is 1. The molecule has 2 aliphatic heterocycles. The lowest BCUT2D eigenvalue weighted by atomic mass is 9.73. The van der Waals surface area contributed by atoms with Crippen LogP contribution in [0.15, 0.2) is 48.5 Å². The first-order chi connectivity index (χ1) is 15.6. The van der Waals surface area contributed by atoms with E-state index in [1.807, 2.05) is 30.3 Å². The van der Waals surface area contributed by atoms with Gasteiger partial charge < -0.3 is 15.4 Å². The van der Waals surface area contributed by atoms with Gasteiger partial charge in [0.25, 0.3) is 0 Å². The van der Waals surface area contributed by atoms with Crippen LogP contribution in [0.3, 0.4) is 0 Å². The lowest BCUT2D eigenvalue weighted by Crippen LogP contribution is -2.65. The first kappa shape index (κ1) is 23.8. The molecule has 1 spiro atoms. The number of hydrogen-bond acceptors (Lipinski definition) is 3. The smallest absolute Gasteiger partial charge is 0.372 e. The SMILES string of the molecule is Cc1cc(C(C)OCC2(c3ccccc3)CCC3(CCCC(=O)N3)CN2)cc(C(F)(F)F)c1. The van der Waals surface area contributed by atoms with Crippen LogP contribution in [0.4, 0.5) is 13.2 Å². The standard InChI is InChI=1S/C26H31F3N2O2/c1-18-13-20(15-22(14-18)26(27,28)29)19(2)33-17-25(21-7-4-3-5-8-21)12-11-24(16-30-25)10-6-9-23(32)31-24/h3-5,7-8,13-15,19,30H,6,9-12,16-17H2,1-2H3,(H,31,32). The van der Waals surface area contributed by atoms with Crippen LogP contribution in [0, 0.1) is 6.92 Å². The van der Waals surface area contributed by atoms with Crippen LogP contribution in [-0.4, -0.2) is 24.6 Å². The van der Waals surface area contributed by atoms with Crippen LogP contribution >= 0.6 is 0 Å². The zero-order chi connectivity index (χ0) is 23.7. The van der Waals surface area contributed by atoms with Crippen molar-refractivity contribution < 1.29 is 22.7 Å². The lowest BCUT2D eigenvalue weighted by molar-refractivity contribution is -0.137. The van der Waals surface area contributed by atoms with Crippen molar-refractivity contribution in [1.82, 2.24) is 10.6 Å². The Balaban J connectivity index is 1.53. The monoisotopic (exact) mass is 460 g/mol. The average molecular weight is 461 g/mol. The van der Waals surface area contributed by atoms with E-state index < -0.39 is 23.4 Å². The molecule has 4 rings (SSSR count). The van der Waals surface area contributed by atoms with Gasteiger partial charge in [0.15, 0.2) is 0 Å². The van der Waals surface area contributed by atoms with Crippen LogP contribution < -0.4 is 10.6 Å². The van der Waals surface area contributed by atoms with E-state index in [-0.39, 0.29) is 11.4 Å². The van der Waals surface area contributed by atoms with Gasteiger partial charge in [-0.05, 0) is 62.8 Å². The molecule has 0 saturated carbocycles. The molecule has 2 aliphatic rings. The zero-order valence-electron chi connectivity index (χ0n) is 19.1. The molecule has 2 saturated heterocycles. The van der Waals surface area contributed by atoms with Crippen LogP contribution in [0.25, 0.3) is 0 Å². The third kappa shape index (κ3) is 5.25. The average Bonchev–Trinajstić information content (AvgIpc) is 2.78. The Morgan fingerprint density at radius 3 is 2.48 bits per heavy atom. The van der Waals surface area contributed by atoms with Crippen molar-refractivity contribution in [1.29, 1.82) is 0 Å². The topological polar surface area (TPSA) is 50.4 Å². The number of halogens is 3. The van der Waals surface area contributed by atoms with Crippen molar-refractivity contribution in [3.05, 3.63) is 70.8 Å². The number of piperidine rings is 2. The number of carbonyl (C=O) groups excluding carboxylic acids is 1. The third-order valence-corrected chi connectivity index (χ3v) is 7.06. The molecule has 3 unspecified atom stereocenters. The van der Waals surface area contributed by atoms with E-state index in [2.05, 4.69) is 10.6 Å². The van der Waals surface area contributed by atoms with Gasteiger partial charge in [-0.25, -0.2) is 0 Å². The van der Waals surface area contributed by atoms with Crippen molar-refractivity contribution >= 4 is 5.91 Å². The number of hydrogen-bond donors (Lipinski definition) is 2. The number of rotatable bonds is 5. The Kier molecular flexibility index (Phi) is 6.56. The molecule has 33 heavy (non-hydrogen) atoms. The van der Waals surface area contributed by atoms with E-state index in [4.69, 9.17) is 4.74 Å². The van der Waals surface area contributed by atoms with E-state index in [0.29, 0.717) is 30.7 Å². The van der Waals surface area contributed by atoms with Crippen molar-refractivity contribution in [3.63, 3.8) is 0 Å². The summed E-state index contributed by atoms with van der Waals surface area (Å²) in [5.41, 5.74) is 0.777. The van der Waals surface area contributed by atoms with Gasteiger partial charge in [-0.1, -0.05) is 42.0 Å². The fourth-order valence-corrected chi connectivity index (χ4v) is 5.08. The first-order valence-electron chi connectivity index (χ1n) is 11.5. The molecular formula is C26H31F3N2O2. The Labute approximate surface area is 192 Å². The molecule has 3 atom stereocenters. The number of benzene rings is 2. The molecule has 0 bridgehead atoms. The highest BCUT2D eigenvalue weighted by molar-refractivity contribution is 5.77. The van der Waals surface area contributed by atoms with Gasteiger partial charge >= 0.3 is 6.18 Å². The second-order valence-electron chi connectivity index (χ2n) is 9.57. The number of carbonyl (C=O) groups is 1. The predicted octanol–water partition coefficient (Wildman–Crippen LogP) is 5.41. The highest BCUT2D eigenvalue weighted by Crippen LogP contribution is 2.39. The molecule has 2 heterocycles. The summed E-state index contributed by atoms with van der Waals surface area (Å²) in [5, 5.41) is 6.85. The molecule has 2 N–H and O–H groups in total. The van der Waals surface area contributed by atoms with E-state index in [1.165, 1.54) is 6.07 Å². The summed E-state index contributed by atoms with van der Waals surface area (Å²) in [6, 6.07) is 14.1. The maximum absolute atomic E-state index is 13.3. The molecule has 2 aromatic rings. The molecule has 0 aromatic heterocycles. The molecule has 2 aromatic carbocycles. The summed E-state index contributed by atoms with van der Waals surface area (Å²) >= 11 is 0. The minimum atomic E-state index is -4.39. The molecule has 0 aliphatic carbocycles. The largest absolute Gasteiger partial charge is 0.416 e. The summed E-state index contributed by atoms with van der Waals surface area (Å²) in [6.45, 7) is 4.41. The maximum Gasteiger partial charge on any atom is 0.416 e. The fraction of sp³-hybridized carbons (Fsp3) is 0.500. The minimum absolute atomic E-state index is 0.0973. The van der Waals surface area contributed by atoms with E-state index >= 15 is 0 Å². The molecule has 2 fully saturated rings. The van der Waals surface area contributed by atoms with Crippen molar-refractivity contribution in [2.24, 2.45) is 0 Å². The van der Waals surface area contributed by atoms with Crippen LogP contribution in [0.1, 0.15) is 67.4 Å². The predicted molar refractivity (Wildman–Crippen MR) is 121 cm³/mol. The first-order valence-corrected chi connectivity index (χ1v) is 11.5. The normalized spacial score (nSPS) is 26.8. The van der Waals surface area contributed by atoms with Crippen molar-refractivity contribution in [3.8, 4) is 0 Å². The molecule has 1 amide bonds. The lowest BCUT2D eigenvalue weighted by Gasteiger charge is -2.49. The van der Waals surface area contributed by atoms with Crippen molar-refractivity contribution in [2.45, 2.75) is 69.3 Å². The van der Waals surface area contributed by atoms with Crippen LogP contribution in [0.5, 0.6) is 0 Å². The number of ether oxygens (including phenoxy) is 1. The highest BCUT2D eigenvalue weighted by atomic mass is 19.4. The Morgan fingerprint density at radius 2 is 1.85 bits per heavy atom. The van der Waals surface area contributed by atoms with E-state index in [0.717, 1.165) is 37.3 Å². The Hall–Kier alpha value is -2.38. The molecule has 178 valence electrons. The molecule has 4 nitrogen and oxygen atoms in total. The summed E-state index contributed by atoms with van der Waals surface area (Å²) in [6.07, 6.45) is -0.922. The summed E-state index contributed by atoms with van der Waals surface area (Å²) in [4.78, 5) is 12.0. The highest BCUT2D eigenvalue weighted by Gasteiger charge is 2.45. The Morgan fingerprint density at radius 1 is 1.09 bits per heavy atom. The second-order valence-corrected chi connectivity index (χ2v) is 9.57.